The van der Waals surface area contributed by atoms with Crippen LogP contribution in [0, 0.1) is 5.92 Å². The van der Waals surface area contributed by atoms with Gasteiger partial charge in [-0.2, -0.15) is 0 Å². The van der Waals surface area contributed by atoms with Crippen LogP contribution in [0.15, 0.2) is 16.8 Å². The van der Waals surface area contributed by atoms with Crippen LogP contribution in [0.25, 0.3) is 0 Å². The molecule has 1 atom stereocenters. The van der Waals surface area contributed by atoms with Crippen LogP contribution in [0.2, 0.25) is 0 Å². The molecule has 0 spiro atoms. The molecule has 70 valence electrons. The minimum Gasteiger partial charge on any atom is -0.402 e. The molecule has 2 nitrogen and oxygen atoms in total. The molecule has 0 radical (unpaired) electrons. The van der Waals surface area contributed by atoms with E-state index in [1.807, 2.05) is 19.9 Å². The maximum absolute atomic E-state index is 5.53. The molecule has 0 unspecified atom stereocenters. The Morgan fingerprint density at radius 2 is 1.75 bits per heavy atom. The van der Waals surface area contributed by atoms with E-state index in [0.29, 0.717) is 12.0 Å². The van der Waals surface area contributed by atoms with E-state index in [9.17, 15) is 0 Å². The van der Waals surface area contributed by atoms with Crippen molar-refractivity contribution in [2.45, 2.75) is 40.7 Å². The Hall–Kier alpha value is -0.790. The van der Waals surface area contributed by atoms with Crippen LogP contribution in [0.5, 0.6) is 0 Å². The summed E-state index contributed by atoms with van der Waals surface area (Å²) >= 11 is 0. The van der Waals surface area contributed by atoms with Crippen molar-refractivity contribution in [1.82, 2.24) is 0 Å². The first kappa shape index (κ1) is 11.2. The highest BCUT2D eigenvalue weighted by Gasteiger charge is 2.03. The number of nitrogens with zero attached hydrogens (tertiary/aromatic N) is 1. The molecule has 0 bridgehead atoms. The molecule has 0 aliphatic carbocycles. The highest BCUT2D eigenvalue weighted by atomic mass is 14.8. The van der Waals surface area contributed by atoms with Crippen LogP contribution in [0.3, 0.4) is 0 Å². The average molecular weight is 168 g/mol. The van der Waals surface area contributed by atoms with Gasteiger partial charge in [0.1, 0.15) is 0 Å². The lowest BCUT2D eigenvalue weighted by Gasteiger charge is -2.10. The van der Waals surface area contributed by atoms with Crippen LogP contribution in [-0.4, -0.2) is 11.8 Å². The fourth-order valence-electron chi connectivity index (χ4n) is 0.837. The smallest absolute Gasteiger partial charge is 0.0497 e. The summed E-state index contributed by atoms with van der Waals surface area (Å²) in [6.07, 6.45) is 1.90. The first-order valence-corrected chi connectivity index (χ1v) is 4.41. The highest BCUT2D eigenvalue weighted by Crippen LogP contribution is 2.05. The lowest BCUT2D eigenvalue weighted by Crippen LogP contribution is -2.09. The molecule has 0 rings (SSSR count). The summed E-state index contributed by atoms with van der Waals surface area (Å²) in [4.78, 5) is 4.48. The predicted molar refractivity (Wildman–Crippen MR) is 55.4 cm³/mol. The van der Waals surface area contributed by atoms with Gasteiger partial charge < -0.3 is 5.73 Å². The third-order valence-corrected chi connectivity index (χ3v) is 1.81. The summed E-state index contributed by atoms with van der Waals surface area (Å²) in [5.74, 6) is 0.589. The molecule has 0 aliphatic rings. The number of aliphatic imine (C=N–C) groups is 1. The molecule has 0 heterocycles. The normalized spacial score (nSPS) is 16.8. The van der Waals surface area contributed by atoms with Crippen LogP contribution in [0.4, 0.5) is 0 Å². The van der Waals surface area contributed by atoms with Crippen molar-refractivity contribution in [3.63, 3.8) is 0 Å². The van der Waals surface area contributed by atoms with Crippen molar-refractivity contribution >= 4 is 5.71 Å². The van der Waals surface area contributed by atoms with Crippen LogP contribution in [-0.2, 0) is 0 Å². The van der Waals surface area contributed by atoms with Crippen LogP contribution >= 0.6 is 0 Å². The lowest BCUT2D eigenvalue weighted by molar-refractivity contribution is 0.531. The SMILES string of the molecule is CC(N)=CC(C)=N[C@H](C)C(C)C. The quantitative estimate of drug-likeness (QED) is 0.645. The van der Waals surface area contributed by atoms with Crippen molar-refractivity contribution in [3.05, 3.63) is 11.8 Å². The Kier molecular flexibility index (Phi) is 4.64. The zero-order chi connectivity index (χ0) is 9.72. The van der Waals surface area contributed by atoms with Crippen molar-refractivity contribution < 1.29 is 0 Å². The van der Waals surface area contributed by atoms with E-state index >= 15 is 0 Å². The highest BCUT2D eigenvalue weighted by molar-refractivity contribution is 5.93. The molecule has 0 aromatic rings. The van der Waals surface area contributed by atoms with Crippen molar-refractivity contribution in [3.8, 4) is 0 Å². The Morgan fingerprint density at radius 3 is 2.08 bits per heavy atom. The Labute approximate surface area is 75.6 Å². The minimum atomic E-state index is 0.376. The van der Waals surface area contributed by atoms with Crippen LogP contribution in [0.1, 0.15) is 34.6 Å². The molecule has 0 aromatic heterocycles. The fraction of sp³-hybridized carbons (Fsp3) is 0.700. The zero-order valence-electron chi connectivity index (χ0n) is 8.76. The number of nitrogens with two attached hydrogens (primary N) is 1. The van der Waals surface area contributed by atoms with Gasteiger partial charge in [-0.25, -0.2) is 0 Å². The molecule has 0 aromatic carbocycles. The molecule has 0 fully saturated rings. The average Bonchev–Trinajstić information content (AvgIpc) is 1.84. The zero-order valence-corrected chi connectivity index (χ0v) is 8.76. The van der Waals surface area contributed by atoms with Gasteiger partial charge in [0, 0.05) is 17.5 Å². The third-order valence-electron chi connectivity index (χ3n) is 1.81. The number of rotatable bonds is 3. The van der Waals surface area contributed by atoms with Gasteiger partial charge in [-0.05, 0) is 32.8 Å². The standard InChI is InChI=1S/C10H20N2/c1-7(2)10(5)12-9(4)6-8(3)11/h6-7,10H,11H2,1-5H3/t10-/m1/s1. The van der Waals surface area contributed by atoms with E-state index in [0.717, 1.165) is 11.4 Å². The summed E-state index contributed by atoms with van der Waals surface area (Å²) in [7, 11) is 0. The molecule has 2 heteroatoms. The van der Waals surface area contributed by atoms with Crippen molar-refractivity contribution in [2.24, 2.45) is 16.6 Å². The second-order valence-corrected chi connectivity index (χ2v) is 3.64. The monoisotopic (exact) mass is 168 g/mol. The van der Waals surface area contributed by atoms with Gasteiger partial charge in [-0.3, -0.25) is 4.99 Å². The topological polar surface area (TPSA) is 38.4 Å². The molecule has 0 amide bonds. The predicted octanol–water partition coefficient (Wildman–Crippen LogP) is 2.35. The summed E-state index contributed by atoms with van der Waals surface area (Å²) in [6.45, 7) is 10.3. The molecule has 12 heavy (non-hydrogen) atoms. The van der Waals surface area contributed by atoms with Gasteiger partial charge >= 0.3 is 0 Å². The maximum atomic E-state index is 5.53. The molecule has 0 aliphatic heterocycles. The summed E-state index contributed by atoms with van der Waals surface area (Å²) in [5, 5.41) is 0. The van der Waals surface area contributed by atoms with Gasteiger partial charge in [0.2, 0.25) is 0 Å². The fourth-order valence-corrected chi connectivity index (χ4v) is 0.837. The van der Waals surface area contributed by atoms with Gasteiger partial charge in [-0.15, -0.1) is 0 Å². The van der Waals surface area contributed by atoms with E-state index < -0.39 is 0 Å². The first-order chi connectivity index (χ1) is 5.43. The third kappa shape index (κ3) is 4.94. The summed E-state index contributed by atoms with van der Waals surface area (Å²) in [5.41, 5.74) is 7.35. The Bertz CT molecular complexity index is 186. The second kappa shape index (κ2) is 4.96. The minimum absolute atomic E-state index is 0.376. The molecular weight excluding hydrogens is 148 g/mol. The van der Waals surface area contributed by atoms with E-state index in [-0.39, 0.29) is 0 Å². The van der Waals surface area contributed by atoms with Crippen molar-refractivity contribution in [1.29, 1.82) is 0 Å². The van der Waals surface area contributed by atoms with Crippen LogP contribution < -0.4 is 5.73 Å². The van der Waals surface area contributed by atoms with Crippen molar-refractivity contribution in [2.75, 3.05) is 0 Å². The van der Waals surface area contributed by atoms with Gasteiger partial charge in [0.15, 0.2) is 0 Å². The summed E-state index contributed by atoms with van der Waals surface area (Å²) < 4.78 is 0. The van der Waals surface area contributed by atoms with Gasteiger partial charge in [-0.1, -0.05) is 13.8 Å². The number of hydrogen-bond acceptors (Lipinski definition) is 2. The van der Waals surface area contributed by atoms with E-state index in [1.165, 1.54) is 0 Å². The molecule has 2 N–H and O–H groups in total. The molecule has 0 saturated heterocycles. The maximum Gasteiger partial charge on any atom is 0.0497 e. The summed E-state index contributed by atoms with van der Waals surface area (Å²) in [6, 6.07) is 0.376. The number of hydrogen-bond donors (Lipinski definition) is 1. The van der Waals surface area contributed by atoms with Gasteiger partial charge in [0.05, 0.1) is 0 Å². The molecule has 0 saturated carbocycles. The first-order valence-electron chi connectivity index (χ1n) is 4.41. The van der Waals surface area contributed by atoms with E-state index in [2.05, 4.69) is 25.8 Å². The molecular formula is C10H20N2. The van der Waals surface area contributed by atoms with E-state index in [1.54, 1.807) is 0 Å². The lowest BCUT2D eigenvalue weighted by atomic mass is 10.1. The Balaban J connectivity index is 4.26. The van der Waals surface area contributed by atoms with E-state index in [4.69, 9.17) is 5.73 Å². The largest absolute Gasteiger partial charge is 0.402 e. The van der Waals surface area contributed by atoms with Gasteiger partial charge in [0.25, 0.3) is 0 Å². The number of allylic oxidation sites excluding steroid dienone is 2. The second-order valence-electron chi connectivity index (χ2n) is 3.64. The Morgan fingerprint density at radius 1 is 1.25 bits per heavy atom.